The van der Waals surface area contributed by atoms with Gasteiger partial charge in [0.2, 0.25) is 11.8 Å². The molecule has 7 heteroatoms. The van der Waals surface area contributed by atoms with E-state index in [0.29, 0.717) is 25.7 Å². The average molecular weight is 597 g/mol. The number of carbonyl (C=O) groups excluding carboxylic acids is 3. The lowest BCUT2D eigenvalue weighted by Gasteiger charge is -2.24. The van der Waals surface area contributed by atoms with E-state index < -0.39 is 18.1 Å². The molecule has 4 atom stereocenters. The summed E-state index contributed by atoms with van der Waals surface area (Å²) in [6, 6.07) is 28.2. The maximum atomic E-state index is 13.5. The van der Waals surface area contributed by atoms with Gasteiger partial charge in [-0.05, 0) is 48.8 Å². The average Bonchev–Trinajstić information content (AvgIpc) is 3.05. The number of nitrogens with one attached hydrogen (secondary N) is 2. The molecule has 3 rings (SSSR count). The maximum Gasteiger partial charge on any atom is 0.309 e. The van der Waals surface area contributed by atoms with Crippen molar-refractivity contribution in [3.8, 4) is 0 Å². The maximum absolute atomic E-state index is 13.5. The zero-order valence-electron chi connectivity index (χ0n) is 25.3. The molecule has 0 radical (unpaired) electrons. The van der Waals surface area contributed by atoms with Gasteiger partial charge in [0.25, 0.3) is 0 Å². The third-order valence-electron chi connectivity index (χ3n) is 7.43. The molecular weight excluding hydrogens is 552 g/mol. The second kappa shape index (κ2) is 18.9. The Morgan fingerprint density at radius 1 is 0.795 bits per heavy atom. The summed E-state index contributed by atoms with van der Waals surface area (Å²) in [7, 11) is 0. The number of benzene rings is 3. The van der Waals surface area contributed by atoms with Gasteiger partial charge >= 0.3 is 5.97 Å². The SMILES string of the molecule is C=CCC[C@H](Cc1ccccc1)C(=O)O[C@H](CNC(=O)[C@@H](CC=C)CC(=O)N[C@H](CO)Cc1ccccc1)c1ccccc1. The lowest BCUT2D eigenvalue weighted by atomic mass is 9.94. The van der Waals surface area contributed by atoms with Gasteiger partial charge in [0, 0.05) is 6.42 Å². The molecule has 0 aromatic heterocycles. The first-order valence-corrected chi connectivity index (χ1v) is 15.2. The highest BCUT2D eigenvalue weighted by molar-refractivity contribution is 5.86. The molecule has 3 aromatic carbocycles. The predicted octanol–water partition coefficient (Wildman–Crippen LogP) is 5.51. The van der Waals surface area contributed by atoms with Crippen LogP contribution in [0.25, 0.3) is 0 Å². The van der Waals surface area contributed by atoms with Crippen LogP contribution in [-0.2, 0) is 32.0 Å². The van der Waals surface area contributed by atoms with E-state index >= 15 is 0 Å². The standard InChI is InChI=1S/C37H44N2O5/c1-3-5-20-32(23-28-16-9-6-10-17-28)37(43)44-34(30-21-13-8-14-22-30)26-38-36(42)31(15-4-2)25-35(41)39-33(27-40)24-29-18-11-7-12-19-29/h3-4,6-14,16-19,21-22,31-34,40H,1-2,5,15,20,23-27H2,(H,38,42)(H,39,41)/t31-,32+,33-,34+/m0/s1. The van der Waals surface area contributed by atoms with Gasteiger partial charge in [-0.15, -0.1) is 13.2 Å². The number of allylic oxidation sites excluding steroid dienone is 2. The minimum atomic E-state index is -0.711. The molecule has 7 nitrogen and oxygen atoms in total. The van der Waals surface area contributed by atoms with Crippen molar-refractivity contribution in [3.63, 3.8) is 0 Å². The number of aliphatic hydroxyl groups excluding tert-OH is 1. The fourth-order valence-electron chi connectivity index (χ4n) is 5.04. The Hall–Kier alpha value is -4.49. The van der Waals surface area contributed by atoms with Crippen molar-refractivity contribution in [2.24, 2.45) is 11.8 Å². The number of amides is 2. The van der Waals surface area contributed by atoms with E-state index in [0.717, 1.165) is 16.7 Å². The topological polar surface area (TPSA) is 105 Å². The van der Waals surface area contributed by atoms with Crippen LogP contribution >= 0.6 is 0 Å². The molecule has 44 heavy (non-hydrogen) atoms. The molecular formula is C37H44N2O5. The molecule has 0 bridgehead atoms. The Balaban J connectivity index is 1.65. The minimum Gasteiger partial charge on any atom is -0.455 e. The summed E-state index contributed by atoms with van der Waals surface area (Å²) in [5.74, 6) is -2.06. The van der Waals surface area contributed by atoms with E-state index in [4.69, 9.17) is 4.74 Å². The van der Waals surface area contributed by atoms with E-state index in [1.54, 1.807) is 12.2 Å². The summed E-state index contributed by atoms with van der Waals surface area (Å²) >= 11 is 0. The van der Waals surface area contributed by atoms with Crippen LogP contribution in [0.4, 0.5) is 0 Å². The monoisotopic (exact) mass is 596 g/mol. The molecule has 0 heterocycles. The van der Waals surface area contributed by atoms with Gasteiger partial charge in [-0.2, -0.15) is 0 Å². The third-order valence-corrected chi connectivity index (χ3v) is 7.43. The van der Waals surface area contributed by atoms with Crippen molar-refractivity contribution in [1.29, 1.82) is 0 Å². The second-order valence-corrected chi connectivity index (χ2v) is 10.9. The van der Waals surface area contributed by atoms with Crippen LogP contribution in [0, 0.1) is 11.8 Å². The van der Waals surface area contributed by atoms with E-state index in [9.17, 15) is 19.5 Å². The smallest absolute Gasteiger partial charge is 0.309 e. The van der Waals surface area contributed by atoms with Gasteiger partial charge in [-0.25, -0.2) is 0 Å². The highest BCUT2D eigenvalue weighted by Gasteiger charge is 2.27. The zero-order chi connectivity index (χ0) is 31.6. The highest BCUT2D eigenvalue weighted by Crippen LogP contribution is 2.23. The third kappa shape index (κ3) is 11.7. The normalized spacial score (nSPS) is 13.5. The number of rotatable bonds is 19. The van der Waals surface area contributed by atoms with Gasteiger partial charge in [0.05, 0.1) is 31.0 Å². The number of hydrogen-bond acceptors (Lipinski definition) is 5. The van der Waals surface area contributed by atoms with Gasteiger partial charge in [0.1, 0.15) is 6.10 Å². The Labute approximate surface area is 261 Å². The first kappa shape index (κ1) is 34.0. The molecule has 0 saturated heterocycles. The van der Waals surface area contributed by atoms with Crippen molar-refractivity contribution in [3.05, 3.63) is 133 Å². The van der Waals surface area contributed by atoms with Gasteiger partial charge in [-0.1, -0.05) is 103 Å². The van der Waals surface area contributed by atoms with Crippen LogP contribution in [0.15, 0.2) is 116 Å². The summed E-state index contributed by atoms with van der Waals surface area (Å²) < 4.78 is 6.05. The highest BCUT2D eigenvalue weighted by atomic mass is 16.5. The van der Waals surface area contributed by atoms with E-state index in [1.165, 1.54) is 0 Å². The van der Waals surface area contributed by atoms with Crippen molar-refractivity contribution in [1.82, 2.24) is 10.6 Å². The van der Waals surface area contributed by atoms with E-state index in [2.05, 4.69) is 23.8 Å². The molecule has 0 spiro atoms. The number of ether oxygens (including phenoxy) is 1. The largest absolute Gasteiger partial charge is 0.455 e. The summed E-state index contributed by atoms with van der Waals surface area (Å²) in [5, 5.41) is 15.6. The van der Waals surface area contributed by atoms with E-state index in [-0.39, 0.29) is 49.7 Å². The minimum absolute atomic E-state index is 0.0522. The van der Waals surface area contributed by atoms with Crippen molar-refractivity contribution in [2.75, 3.05) is 13.2 Å². The van der Waals surface area contributed by atoms with Crippen molar-refractivity contribution >= 4 is 17.8 Å². The summed E-state index contributed by atoms with van der Waals surface area (Å²) in [4.78, 5) is 39.7. The number of esters is 1. The van der Waals surface area contributed by atoms with Crippen molar-refractivity contribution in [2.45, 2.75) is 50.7 Å². The molecule has 3 aromatic rings. The predicted molar refractivity (Wildman–Crippen MR) is 173 cm³/mol. The zero-order valence-corrected chi connectivity index (χ0v) is 25.3. The lowest BCUT2D eigenvalue weighted by molar-refractivity contribution is -0.155. The summed E-state index contributed by atoms with van der Waals surface area (Å²) in [6.45, 7) is 7.39. The Morgan fingerprint density at radius 3 is 1.95 bits per heavy atom. The molecule has 0 fully saturated rings. The van der Waals surface area contributed by atoms with E-state index in [1.807, 2.05) is 91.0 Å². The van der Waals surface area contributed by atoms with Crippen molar-refractivity contribution < 1.29 is 24.2 Å². The Morgan fingerprint density at radius 2 is 1.39 bits per heavy atom. The van der Waals surface area contributed by atoms with Crippen LogP contribution in [0.5, 0.6) is 0 Å². The number of hydrogen-bond donors (Lipinski definition) is 3. The Bertz CT molecular complexity index is 1310. The fourth-order valence-corrected chi connectivity index (χ4v) is 5.04. The van der Waals surface area contributed by atoms with Gasteiger partial charge in [0.15, 0.2) is 0 Å². The summed E-state index contributed by atoms with van der Waals surface area (Å²) in [6.07, 6.45) is 5.19. The lowest BCUT2D eigenvalue weighted by Crippen LogP contribution is -2.42. The molecule has 2 amide bonds. The quantitative estimate of drug-likeness (QED) is 0.125. The molecule has 0 aliphatic carbocycles. The number of aliphatic hydroxyl groups is 1. The molecule has 0 aliphatic heterocycles. The molecule has 0 saturated carbocycles. The first-order chi connectivity index (χ1) is 21.4. The van der Waals surface area contributed by atoms with Gasteiger partial charge in [-0.3, -0.25) is 14.4 Å². The van der Waals surface area contributed by atoms with Crippen LogP contribution in [0.3, 0.4) is 0 Å². The van der Waals surface area contributed by atoms with Crippen LogP contribution < -0.4 is 10.6 Å². The molecule has 0 aliphatic rings. The van der Waals surface area contributed by atoms with Crippen LogP contribution in [0.2, 0.25) is 0 Å². The first-order valence-electron chi connectivity index (χ1n) is 15.2. The second-order valence-electron chi connectivity index (χ2n) is 10.9. The van der Waals surface area contributed by atoms with Gasteiger partial charge < -0.3 is 20.5 Å². The Kier molecular flexibility index (Phi) is 14.6. The molecule has 0 unspecified atom stereocenters. The number of carbonyl (C=O) groups is 3. The molecule has 3 N–H and O–H groups in total. The summed E-state index contributed by atoms with van der Waals surface area (Å²) in [5.41, 5.74) is 2.79. The van der Waals surface area contributed by atoms with Crippen LogP contribution in [0.1, 0.15) is 48.5 Å². The van der Waals surface area contributed by atoms with Crippen LogP contribution in [-0.4, -0.2) is 42.1 Å². The fraction of sp³-hybridized carbons (Fsp3) is 0.324. The molecule has 232 valence electrons.